The van der Waals surface area contributed by atoms with Crippen LogP contribution >= 0.6 is 12.2 Å². The number of nitrogens with one attached hydrogen (secondary N) is 1. The fraction of sp³-hybridized carbons (Fsp3) is 0. The van der Waals surface area contributed by atoms with Gasteiger partial charge in [0.2, 0.25) is 10.2 Å². The van der Waals surface area contributed by atoms with E-state index in [1.54, 1.807) is 0 Å². The maximum absolute atomic E-state index is 11.3. The molecular formula is C14H10N4O3S. The summed E-state index contributed by atoms with van der Waals surface area (Å²) in [5.41, 5.74) is 0.283. The zero-order chi connectivity index (χ0) is 15.5. The van der Waals surface area contributed by atoms with Gasteiger partial charge in [-0.3, -0.25) is 4.79 Å². The van der Waals surface area contributed by atoms with Gasteiger partial charge < -0.3 is 9.52 Å². The molecule has 0 saturated carbocycles. The lowest BCUT2D eigenvalue weighted by Crippen LogP contribution is -2.00. The minimum atomic E-state index is -0.549. The summed E-state index contributed by atoms with van der Waals surface area (Å²) in [4.78, 5) is 11.3. The van der Waals surface area contributed by atoms with Gasteiger partial charge in [-0.2, -0.15) is 14.9 Å². The van der Waals surface area contributed by atoms with Crippen LogP contribution < -0.4 is 5.43 Å². The first-order valence-electron chi connectivity index (χ1n) is 6.24. The predicted molar refractivity (Wildman–Crippen MR) is 82.5 cm³/mol. The smallest absolute Gasteiger partial charge is 0.227 e. The molecule has 0 aliphatic carbocycles. The third-order valence-corrected chi connectivity index (χ3v) is 3.08. The van der Waals surface area contributed by atoms with E-state index >= 15 is 0 Å². The number of nitrogens with zero attached hydrogens (tertiary/aromatic N) is 3. The van der Waals surface area contributed by atoms with Crippen LogP contribution in [0.1, 0.15) is 5.76 Å². The molecule has 0 bridgehead atoms. The van der Waals surface area contributed by atoms with Gasteiger partial charge in [-0.25, -0.2) is 5.10 Å². The molecule has 1 aromatic carbocycles. The molecule has 3 aromatic rings. The van der Waals surface area contributed by atoms with Crippen molar-refractivity contribution in [3.63, 3.8) is 0 Å². The fourth-order valence-corrected chi connectivity index (χ4v) is 1.95. The summed E-state index contributed by atoms with van der Waals surface area (Å²) >= 11 is 5.13. The number of aromatic amines is 1. The van der Waals surface area contributed by atoms with Crippen molar-refractivity contribution in [2.24, 2.45) is 5.10 Å². The largest absolute Gasteiger partial charge is 0.502 e. The topological polar surface area (TPSA) is 96.4 Å². The monoisotopic (exact) mass is 314 g/mol. The lowest BCUT2D eigenvalue weighted by molar-refractivity contribution is 0.427. The second kappa shape index (κ2) is 5.78. The van der Waals surface area contributed by atoms with Gasteiger partial charge in [0.1, 0.15) is 6.26 Å². The second-order valence-corrected chi connectivity index (χ2v) is 4.69. The van der Waals surface area contributed by atoms with Crippen LogP contribution in [0.3, 0.4) is 0 Å². The second-order valence-electron chi connectivity index (χ2n) is 4.31. The molecule has 0 radical (unpaired) electrons. The van der Waals surface area contributed by atoms with Gasteiger partial charge in [-0.15, -0.1) is 0 Å². The van der Waals surface area contributed by atoms with Crippen molar-refractivity contribution >= 4 is 18.4 Å². The van der Waals surface area contributed by atoms with Crippen LogP contribution in [0.4, 0.5) is 0 Å². The minimum Gasteiger partial charge on any atom is -0.502 e. The van der Waals surface area contributed by atoms with E-state index in [0.29, 0.717) is 10.6 Å². The molecule has 2 N–H and O–H groups in total. The van der Waals surface area contributed by atoms with Crippen LogP contribution in [0, 0.1) is 4.77 Å². The molecule has 110 valence electrons. The molecule has 2 aromatic heterocycles. The number of aromatic hydroxyl groups is 1. The number of benzene rings is 1. The van der Waals surface area contributed by atoms with Crippen LogP contribution in [0.2, 0.25) is 0 Å². The summed E-state index contributed by atoms with van der Waals surface area (Å²) in [6.45, 7) is 0. The Kier molecular flexibility index (Phi) is 3.67. The summed E-state index contributed by atoms with van der Waals surface area (Å²) in [5.74, 6) is 0.259. The summed E-state index contributed by atoms with van der Waals surface area (Å²) in [6.07, 6.45) is 2.27. The van der Waals surface area contributed by atoms with Crippen molar-refractivity contribution in [3.8, 4) is 17.1 Å². The van der Waals surface area contributed by atoms with Crippen molar-refractivity contribution in [1.29, 1.82) is 0 Å². The summed E-state index contributed by atoms with van der Waals surface area (Å²) < 4.78 is 6.76. The van der Waals surface area contributed by atoms with Crippen molar-refractivity contribution in [1.82, 2.24) is 14.9 Å². The van der Waals surface area contributed by atoms with Gasteiger partial charge >= 0.3 is 0 Å². The van der Waals surface area contributed by atoms with Gasteiger partial charge in [0, 0.05) is 11.6 Å². The van der Waals surface area contributed by atoms with Crippen LogP contribution in [-0.4, -0.2) is 26.2 Å². The molecule has 7 nitrogen and oxygen atoms in total. The summed E-state index contributed by atoms with van der Waals surface area (Å²) in [5, 5.41) is 20.1. The van der Waals surface area contributed by atoms with Crippen LogP contribution in [-0.2, 0) is 0 Å². The summed E-state index contributed by atoms with van der Waals surface area (Å²) in [7, 11) is 0. The van der Waals surface area contributed by atoms with Crippen LogP contribution in [0.5, 0.6) is 5.75 Å². The number of aromatic nitrogens is 3. The maximum atomic E-state index is 11.3. The Morgan fingerprint density at radius 2 is 2.14 bits per heavy atom. The first-order valence-corrected chi connectivity index (χ1v) is 6.65. The van der Waals surface area contributed by atoms with Gasteiger partial charge in [-0.1, -0.05) is 30.3 Å². The summed E-state index contributed by atoms with van der Waals surface area (Å²) in [6, 6.07) is 10.5. The first-order chi connectivity index (χ1) is 10.6. The third kappa shape index (κ3) is 2.72. The average molecular weight is 314 g/mol. The zero-order valence-electron chi connectivity index (χ0n) is 11.1. The third-order valence-electron chi connectivity index (χ3n) is 2.82. The predicted octanol–water partition coefficient (Wildman–Crippen LogP) is 2.15. The Morgan fingerprint density at radius 1 is 1.36 bits per heavy atom. The lowest BCUT2D eigenvalue weighted by Gasteiger charge is -2.00. The van der Waals surface area contributed by atoms with E-state index in [9.17, 15) is 4.79 Å². The highest BCUT2D eigenvalue weighted by atomic mass is 32.1. The standard InChI is InChI=1S/C14H10N4O3S/c19-11-6-10(21-8-12(11)20)7-15-18-13(16-17-14(18)22)9-4-2-1-3-5-9/h1-8,20H,(H,17,22). The Balaban J connectivity index is 2.01. The number of hydrogen-bond donors (Lipinski definition) is 2. The highest BCUT2D eigenvalue weighted by Gasteiger charge is 2.07. The molecule has 0 amide bonds. The van der Waals surface area contributed by atoms with E-state index in [0.717, 1.165) is 17.9 Å². The molecule has 2 heterocycles. The molecule has 0 aliphatic heterocycles. The molecule has 0 unspecified atom stereocenters. The molecule has 8 heteroatoms. The van der Waals surface area contributed by atoms with Gasteiger partial charge in [-0.05, 0) is 12.2 Å². The molecule has 0 aliphatic rings. The molecule has 0 saturated heterocycles. The highest BCUT2D eigenvalue weighted by molar-refractivity contribution is 7.71. The number of H-pyrrole nitrogens is 1. The normalized spacial score (nSPS) is 11.1. The van der Waals surface area contributed by atoms with Crippen molar-refractivity contribution < 1.29 is 9.52 Å². The van der Waals surface area contributed by atoms with Crippen LogP contribution in [0.15, 0.2) is 57.0 Å². The Labute approximate surface area is 129 Å². The molecule has 0 atom stereocenters. The Hall–Kier alpha value is -3.00. The maximum Gasteiger partial charge on any atom is 0.227 e. The number of hydrogen-bond acceptors (Lipinski definition) is 6. The van der Waals surface area contributed by atoms with Gasteiger partial charge in [0.25, 0.3) is 0 Å². The van der Waals surface area contributed by atoms with E-state index in [-0.39, 0.29) is 5.76 Å². The highest BCUT2D eigenvalue weighted by Crippen LogP contribution is 2.16. The van der Waals surface area contributed by atoms with Crippen molar-refractivity contribution in [2.75, 3.05) is 0 Å². The minimum absolute atomic E-state index is 0.185. The van der Waals surface area contributed by atoms with Crippen LogP contribution in [0.25, 0.3) is 11.4 Å². The van der Waals surface area contributed by atoms with E-state index in [1.807, 2.05) is 30.3 Å². The Bertz CT molecular complexity index is 940. The van der Waals surface area contributed by atoms with E-state index < -0.39 is 11.2 Å². The van der Waals surface area contributed by atoms with Crippen molar-refractivity contribution in [2.45, 2.75) is 0 Å². The lowest BCUT2D eigenvalue weighted by atomic mass is 10.2. The number of rotatable bonds is 3. The van der Waals surface area contributed by atoms with Gasteiger partial charge in [0.15, 0.2) is 17.3 Å². The van der Waals surface area contributed by atoms with E-state index in [2.05, 4.69) is 15.3 Å². The zero-order valence-corrected chi connectivity index (χ0v) is 11.9. The van der Waals surface area contributed by atoms with Crippen molar-refractivity contribution in [3.05, 3.63) is 63.4 Å². The van der Waals surface area contributed by atoms with E-state index in [4.69, 9.17) is 21.7 Å². The van der Waals surface area contributed by atoms with E-state index in [1.165, 1.54) is 10.9 Å². The Morgan fingerprint density at radius 3 is 2.86 bits per heavy atom. The molecule has 0 spiro atoms. The quantitative estimate of drug-likeness (QED) is 0.570. The molecule has 22 heavy (non-hydrogen) atoms. The first kappa shape index (κ1) is 14.0. The molecule has 0 fully saturated rings. The molecular weight excluding hydrogens is 304 g/mol. The molecule has 3 rings (SSSR count). The van der Waals surface area contributed by atoms with Gasteiger partial charge in [0.05, 0.1) is 6.21 Å². The average Bonchev–Trinajstić information content (AvgIpc) is 2.90. The SMILES string of the molecule is O=c1cc(C=Nn2c(-c3ccccc3)n[nH]c2=S)occ1O. The fourth-order valence-electron chi connectivity index (χ4n) is 1.77.